The van der Waals surface area contributed by atoms with Crippen LogP contribution >= 0.6 is 27.3 Å². The highest BCUT2D eigenvalue weighted by molar-refractivity contribution is 9.10. The van der Waals surface area contributed by atoms with E-state index >= 15 is 0 Å². The van der Waals surface area contributed by atoms with Crippen molar-refractivity contribution in [3.8, 4) is 5.75 Å². The largest absolute Gasteiger partial charge is 0.488 e. The lowest BCUT2D eigenvalue weighted by Crippen LogP contribution is -2.03. The Balaban J connectivity index is 1.81. The number of carboxylic acids is 1. The molecule has 3 aromatic rings. The maximum atomic E-state index is 13.8. The standard InChI is InChI=1S/C18H11BrF3NO3S/c19-11-1-2-16(26-7-10-4-13(21)14(22)6-12(10)20)9(3-11)5-17-23-15(8-27-17)18(24)25/h1-4,6,8H,5,7H2,(H,24,25). The fourth-order valence-electron chi connectivity index (χ4n) is 2.31. The average molecular weight is 458 g/mol. The maximum Gasteiger partial charge on any atom is 0.355 e. The van der Waals surface area contributed by atoms with Gasteiger partial charge in [0.15, 0.2) is 17.3 Å². The Morgan fingerprint density at radius 2 is 1.85 bits per heavy atom. The number of aromatic carboxylic acids is 1. The third-order valence-corrected chi connectivity index (χ3v) is 4.95. The molecule has 27 heavy (non-hydrogen) atoms. The van der Waals surface area contributed by atoms with Crippen molar-refractivity contribution in [3.63, 3.8) is 0 Å². The van der Waals surface area contributed by atoms with Gasteiger partial charge in [0.05, 0.1) is 5.01 Å². The van der Waals surface area contributed by atoms with Gasteiger partial charge in [-0.05, 0) is 24.3 Å². The van der Waals surface area contributed by atoms with Crippen molar-refractivity contribution in [2.45, 2.75) is 13.0 Å². The molecule has 9 heteroatoms. The van der Waals surface area contributed by atoms with Gasteiger partial charge in [-0.1, -0.05) is 15.9 Å². The third kappa shape index (κ3) is 4.67. The Morgan fingerprint density at radius 1 is 1.11 bits per heavy atom. The second-order valence-electron chi connectivity index (χ2n) is 5.51. The van der Waals surface area contributed by atoms with Crippen LogP contribution in [0.5, 0.6) is 5.75 Å². The molecule has 140 valence electrons. The van der Waals surface area contributed by atoms with Gasteiger partial charge in [-0.15, -0.1) is 11.3 Å². The van der Waals surface area contributed by atoms with Crippen LogP contribution in [-0.4, -0.2) is 16.1 Å². The first-order valence-corrected chi connectivity index (χ1v) is 9.23. The second-order valence-corrected chi connectivity index (χ2v) is 7.37. The van der Waals surface area contributed by atoms with E-state index in [0.717, 1.165) is 10.5 Å². The Morgan fingerprint density at radius 3 is 2.56 bits per heavy atom. The van der Waals surface area contributed by atoms with Crippen LogP contribution in [-0.2, 0) is 13.0 Å². The maximum absolute atomic E-state index is 13.8. The monoisotopic (exact) mass is 457 g/mol. The third-order valence-electron chi connectivity index (χ3n) is 3.61. The van der Waals surface area contributed by atoms with Crippen molar-refractivity contribution in [2.24, 2.45) is 0 Å². The molecule has 0 fully saturated rings. The Bertz CT molecular complexity index is 1010. The molecule has 1 heterocycles. The van der Waals surface area contributed by atoms with Crippen molar-refractivity contribution in [3.05, 3.63) is 79.5 Å². The van der Waals surface area contributed by atoms with E-state index in [4.69, 9.17) is 9.84 Å². The van der Waals surface area contributed by atoms with Gasteiger partial charge in [0.25, 0.3) is 0 Å². The quantitative estimate of drug-likeness (QED) is 0.517. The van der Waals surface area contributed by atoms with Gasteiger partial charge in [-0.3, -0.25) is 0 Å². The zero-order valence-electron chi connectivity index (χ0n) is 13.5. The minimum Gasteiger partial charge on any atom is -0.488 e. The summed E-state index contributed by atoms with van der Waals surface area (Å²) in [5, 5.41) is 11.0. The number of halogens is 4. The van der Waals surface area contributed by atoms with Crippen LogP contribution in [0.4, 0.5) is 13.2 Å². The van der Waals surface area contributed by atoms with Crippen LogP contribution in [0, 0.1) is 17.5 Å². The van der Waals surface area contributed by atoms with Gasteiger partial charge in [-0.2, -0.15) is 0 Å². The second kappa shape index (κ2) is 8.10. The van der Waals surface area contributed by atoms with Crippen LogP contribution in [0.3, 0.4) is 0 Å². The summed E-state index contributed by atoms with van der Waals surface area (Å²) in [5.41, 5.74) is 0.514. The zero-order chi connectivity index (χ0) is 19.6. The van der Waals surface area contributed by atoms with Gasteiger partial charge in [-0.25, -0.2) is 22.9 Å². The van der Waals surface area contributed by atoms with Crippen LogP contribution < -0.4 is 4.74 Å². The van der Waals surface area contributed by atoms with E-state index in [9.17, 15) is 18.0 Å². The van der Waals surface area contributed by atoms with Gasteiger partial charge < -0.3 is 9.84 Å². The summed E-state index contributed by atoms with van der Waals surface area (Å²) in [5.74, 6) is -4.04. The van der Waals surface area contributed by atoms with E-state index in [1.54, 1.807) is 18.2 Å². The summed E-state index contributed by atoms with van der Waals surface area (Å²) in [6.07, 6.45) is 0.299. The molecule has 0 amide bonds. The molecule has 4 nitrogen and oxygen atoms in total. The summed E-state index contributed by atoms with van der Waals surface area (Å²) in [7, 11) is 0. The molecule has 2 aromatic carbocycles. The van der Waals surface area contributed by atoms with E-state index in [0.29, 0.717) is 28.8 Å². The first-order valence-electron chi connectivity index (χ1n) is 7.56. The zero-order valence-corrected chi connectivity index (χ0v) is 15.9. The molecular weight excluding hydrogens is 447 g/mol. The lowest BCUT2D eigenvalue weighted by molar-refractivity contribution is 0.0691. The molecule has 0 atom stereocenters. The summed E-state index contributed by atoms with van der Waals surface area (Å²) >= 11 is 4.54. The number of ether oxygens (including phenoxy) is 1. The van der Waals surface area contributed by atoms with Gasteiger partial charge in [0.2, 0.25) is 0 Å². The Labute approximate surface area is 164 Å². The van der Waals surface area contributed by atoms with Crippen LogP contribution in [0.2, 0.25) is 0 Å². The van der Waals surface area contributed by atoms with Crippen LogP contribution in [0.25, 0.3) is 0 Å². The molecule has 0 unspecified atom stereocenters. The van der Waals surface area contributed by atoms with Crippen LogP contribution in [0.1, 0.15) is 26.6 Å². The number of nitrogens with zero attached hydrogens (tertiary/aromatic N) is 1. The summed E-state index contributed by atoms with van der Waals surface area (Å²) in [6.45, 7) is -0.296. The number of aromatic nitrogens is 1. The number of hydrogen-bond acceptors (Lipinski definition) is 4. The fourth-order valence-corrected chi connectivity index (χ4v) is 3.51. The number of benzene rings is 2. The topological polar surface area (TPSA) is 59.4 Å². The predicted octanol–water partition coefficient (Wildman–Crippen LogP) is 5.19. The minimum absolute atomic E-state index is 0.0451. The van der Waals surface area contributed by atoms with Crippen molar-refractivity contribution >= 4 is 33.2 Å². The van der Waals surface area contributed by atoms with E-state index in [1.165, 1.54) is 16.7 Å². The predicted molar refractivity (Wildman–Crippen MR) is 96.7 cm³/mol. The summed E-state index contributed by atoms with van der Waals surface area (Å²) < 4.78 is 46.5. The lowest BCUT2D eigenvalue weighted by atomic mass is 10.1. The molecule has 0 aliphatic carbocycles. The molecule has 0 radical (unpaired) electrons. The van der Waals surface area contributed by atoms with Crippen molar-refractivity contribution < 1.29 is 27.8 Å². The van der Waals surface area contributed by atoms with E-state index < -0.39 is 23.4 Å². The lowest BCUT2D eigenvalue weighted by Gasteiger charge is -2.12. The number of hydrogen-bond donors (Lipinski definition) is 1. The smallest absolute Gasteiger partial charge is 0.355 e. The highest BCUT2D eigenvalue weighted by atomic mass is 79.9. The molecular formula is C18H11BrF3NO3S. The number of thiazole rings is 1. The SMILES string of the molecule is O=C(O)c1csc(Cc2cc(Br)ccc2OCc2cc(F)c(F)cc2F)n1. The first kappa shape index (κ1) is 19.4. The van der Waals surface area contributed by atoms with Gasteiger partial charge in [0.1, 0.15) is 18.2 Å². The van der Waals surface area contributed by atoms with Gasteiger partial charge >= 0.3 is 5.97 Å². The molecule has 0 aliphatic rings. The van der Waals surface area contributed by atoms with Gasteiger partial charge in [0, 0.05) is 33.5 Å². The fraction of sp³-hybridized carbons (Fsp3) is 0.111. The molecule has 0 saturated heterocycles. The van der Waals surface area contributed by atoms with Crippen molar-refractivity contribution in [1.82, 2.24) is 4.98 Å². The first-order chi connectivity index (χ1) is 12.8. The van der Waals surface area contributed by atoms with Crippen molar-refractivity contribution in [1.29, 1.82) is 0 Å². The Hall–Kier alpha value is -2.39. The normalized spacial score (nSPS) is 10.8. The number of carboxylic acid groups (broad SMARTS) is 1. The highest BCUT2D eigenvalue weighted by Gasteiger charge is 2.14. The molecule has 0 aliphatic heterocycles. The van der Waals surface area contributed by atoms with Crippen LogP contribution in [0.15, 0.2) is 40.2 Å². The molecule has 1 aromatic heterocycles. The number of rotatable bonds is 6. The van der Waals surface area contributed by atoms with Crippen molar-refractivity contribution in [2.75, 3.05) is 0 Å². The van der Waals surface area contributed by atoms with E-state index in [-0.39, 0.29) is 17.9 Å². The highest BCUT2D eigenvalue weighted by Crippen LogP contribution is 2.28. The molecule has 0 spiro atoms. The minimum atomic E-state index is -1.27. The Kier molecular flexibility index (Phi) is 5.81. The molecule has 1 N–H and O–H groups in total. The molecule has 0 bridgehead atoms. The molecule has 3 rings (SSSR count). The number of carbonyl (C=O) groups is 1. The molecule has 0 saturated carbocycles. The average Bonchev–Trinajstić information content (AvgIpc) is 3.07. The van der Waals surface area contributed by atoms with E-state index in [2.05, 4.69) is 20.9 Å². The summed E-state index contributed by atoms with van der Waals surface area (Å²) in [4.78, 5) is 15.0. The van der Waals surface area contributed by atoms with E-state index in [1.807, 2.05) is 0 Å². The summed E-state index contributed by atoms with van der Waals surface area (Å²) in [6, 6.07) is 6.34.